The molecule has 0 saturated heterocycles. The van der Waals surface area contributed by atoms with E-state index in [0.717, 1.165) is 10.6 Å². The van der Waals surface area contributed by atoms with E-state index in [1.165, 1.54) is 33.6 Å². The molecule has 0 aliphatic heterocycles. The van der Waals surface area contributed by atoms with E-state index in [1.807, 2.05) is 0 Å². The number of carbonyl (C=O) groups is 1. The molecule has 1 N–H and O–H groups in total. The van der Waals surface area contributed by atoms with Crippen molar-refractivity contribution in [2.75, 3.05) is 12.4 Å². The van der Waals surface area contributed by atoms with Crippen molar-refractivity contribution >= 4 is 22.4 Å². The second kappa shape index (κ2) is 7.25. The lowest BCUT2D eigenvalue weighted by Gasteiger charge is -2.12. The highest BCUT2D eigenvalue weighted by Gasteiger charge is 2.16. The van der Waals surface area contributed by atoms with E-state index < -0.39 is 0 Å². The molecule has 0 spiro atoms. The first-order valence-electron chi connectivity index (χ1n) is 8.27. The maximum Gasteiger partial charge on any atom is 0.257 e. The molecule has 3 aromatic rings. The van der Waals surface area contributed by atoms with E-state index in [4.69, 9.17) is 4.74 Å². The number of benzene rings is 2. The first kappa shape index (κ1) is 18.1. The third-order valence-corrected chi connectivity index (χ3v) is 5.41. The summed E-state index contributed by atoms with van der Waals surface area (Å²) in [6.45, 7) is 8.37. The topological polar surface area (TPSA) is 64.1 Å². The van der Waals surface area contributed by atoms with E-state index >= 15 is 0 Å². The Kier molecular flexibility index (Phi) is 5.04. The summed E-state index contributed by atoms with van der Waals surface area (Å²) in [5.74, 6) is 0.401. The van der Waals surface area contributed by atoms with Gasteiger partial charge in [-0.15, -0.1) is 10.2 Å². The van der Waals surface area contributed by atoms with Gasteiger partial charge in [-0.3, -0.25) is 10.1 Å². The van der Waals surface area contributed by atoms with Crippen LogP contribution < -0.4 is 10.1 Å². The first-order valence-corrected chi connectivity index (χ1v) is 9.09. The molecule has 0 fully saturated rings. The third-order valence-electron chi connectivity index (χ3n) is 4.56. The Labute approximate surface area is 157 Å². The van der Waals surface area contributed by atoms with Crippen LogP contribution in [0.4, 0.5) is 5.13 Å². The standard InChI is InChI=1S/C20H21N3O2S/c1-11-9-12(2)14(4)17(13(11)3)19-22-23-20(26-19)21-18(24)15-7-6-8-16(10-15)25-5/h6-10H,1-5H3,(H,21,23,24). The molecule has 0 bridgehead atoms. The third kappa shape index (κ3) is 3.46. The molecule has 2 aromatic carbocycles. The van der Waals surface area contributed by atoms with Gasteiger partial charge in [0.2, 0.25) is 5.13 Å². The Morgan fingerprint density at radius 1 is 1.04 bits per heavy atom. The van der Waals surface area contributed by atoms with E-state index in [2.05, 4.69) is 49.3 Å². The van der Waals surface area contributed by atoms with Gasteiger partial charge in [-0.25, -0.2) is 0 Å². The number of aryl methyl sites for hydroxylation is 2. The van der Waals surface area contributed by atoms with Crippen LogP contribution in [0.1, 0.15) is 32.6 Å². The van der Waals surface area contributed by atoms with Crippen molar-refractivity contribution in [1.82, 2.24) is 10.2 Å². The molecule has 6 heteroatoms. The predicted molar refractivity (Wildman–Crippen MR) is 105 cm³/mol. The van der Waals surface area contributed by atoms with Gasteiger partial charge in [0.25, 0.3) is 5.91 Å². The van der Waals surface area contributed by atoms with Crippen LogP contribution in [0.15, 0.2) is 30.3 Å². The monoisotopic (exact) mass is 367 g/mol. The number of nitrogens with one attached hydrogen (secondary N) is 1. The minimum atomic E-state index is -0.236. The van der Waals surface area contributed by atoms with Crippen LogP contribution >= 0.6 is 11.3 Å². The molecule has 5 nitrogen and oxygen atoms in total. The van der Waals surface area contributed by atoms with Gasteiger partial charge in [-0.1, -0.05) is 23.5 Å². The number of ether oxygens (including phenoxy) is 1. The molecule has 1 amide bonds. The van der Waals surface area contributed by atoms with Gasteiger partial charge >= 0.3 is 0 Å². The highest BCUT2D eigenvalue weighted by molar-refractivity contribution is 7.18. The van der Waals surface area contributed by atoms with E-state index in [1.54, 1.807) is 31.4 Å². The van der Waals surface area contributed by atoms with Crippen LogP contribution in [0.3, 0.4) is 0 Å². The van der Waals surface area contributed by atoms with Crippen molar-refractivity contribution in [1.29, 1.82) is 0 Å². The number of methoxy groups -OCH3 is 1. The average molecular weight is 367 g/mol. The molecule has 0 saturated carbocycles. The number of amides is 1. The molecule has 0 aliphatic rings. The fourth-order valence-electron chi connectivity index (χ4n) is 2.85. The Morgan fingerprint density at radius 3 is 2.38 bits per heavy atom. The molecule has 1 heterocycles. The second-order valence-corrected chi connectivity index (χ2v) is 7.21. The Hall–Kier alpha value is -2.73. The summed E-state index contributed by atoms with van der Waals surface area (Å²) < 4.78 is 5.16. The lowest BCUT2D eigenvalue weighted by molar-refractivity contribution is 0.102. The van der Waals surface area contributed by atoms with Gasteiger partial charge in [-0.05, 0) is 68.1 Å². The minimum Gasteiger partial charge on any atom is -0.497 e. The molecule has 134 valence electrons. The molecular formula is C20H21N3O2S. The number of aromatic nitrogens is 2. The molecule has 0 aliphatic carbocycles. The summed E-state index contributed by atoms with van der Waals surface area (Å²) in [5, 5.41) is 12.6. The van der Waals surface area contributed by atoms with Gasteiger partial charge in [0.15, 0.2) is 0 Å². The molecule has 0 unspecified atom stereocenters. The quantitative estimate of drug-likeness (QED) is 0.726. The van der Waals surface area contributed by atoms with Crippen molar-refractivity contribution in [2.24, 2.45) is 0 Å². The van der Waals surface area contributed by atoms with Gasteiger partial charge in [-0.2, -0.15) is 0 Å². The fourth-order valence-corrected chi connectivity index (χ4v) is 3.74. The van der Waals surface area contributed by atoms with Crippen molar-refractivity contribution in [2.45, 2.75) is 27.7 Å². The van der Waals surface area contributed by atoms with Crippen LogP contribution in [-0.2, 0) is 0 Å². The van der Waals surface area contributed by atoms with Crippen LogP contribution in [0, 0.1) is 27.7 Å². The number of carbonyl (C=O) groups excluding carboxylic acids is 1. The maximum atomic E-state index is 12.4. The van der Waals surface area contributed by atoms with E-state index in [9.17, 15) is 4.79 Å². The van der Waals surface area contributed by atoms with Gasteiger partial charge in [0, 0.05) is 11.1 Å². The Morgan fingerprint density at radius 2 is 1.73 bits per heavy atom. The largest absolute Gasteiger partial charge is 0.497 e. The molecule has 26 heavy (non-hydrogen) atoms. The zero-order valence-electron chi connectivity index (χ0n) is 15.5. The summed E-state index contributed by atoms with van der Waals surface area (Å²) in [6.07, 6.45) is 0. The number of nitrogens with zero attached hydrogens (tertiary/aromatic N) is 2. The van der Waals surface area contributed by atoms with Crippen molar-refractivity contribution in [3.8, 4) is 16.3 Å². The SMILES string of the molecule is COc1cccc(C(=O)Nc2nnc(-c3c(C)c(C)cc(C)c3C)s2)c1. The van der Waals surface area contributed by atoms with Gasteiger partial charge in [0.1, 0.15) is 10.8 Å². The number of hydrogen-bond donors (Lipinski definition) is 1. The number of rotatable bonds is 4. The van der Waals surface area contributed by atoms with Crippen LogP contribution in [0.2, 0.25) is 0 Å². The van der Waals surface area contributed by atoms with Crippen LogP contribution in [0.25, 0.3) is 10.6 Å². The summed E-state index contributed by atoms with van der Waals surface area (Å²) in [4.78, 5) is 12.4. The van der Waals surface area contributed by atoms with Crippen molar-refractivity contribution in [3.63, 3.8) is 0 Å². The highest BCUT2D eigenvalue weighted by Crippen LogP contribution is 2.34. The van der Waals surface area contributed by atoms with Crippen LogP contribution in [-0.4, -0.2) is 23.2 Å². The molecule has 0 atom stereocenters. The Balaban J connectivity index is 1.88. The molecule has 1 aromatic heterocycles. The lowest BCUT2D eigenvalue weighted by Crippen LogP contribution is -2.11. The first-order chi connectivity index (χ1) is 12.4. The minimum absolute atomic E-state index is 0.236. The maximum absolute atomic E-state index is 12.4. The zero-order valence-corrected chi connectivity index (χ0v) is 16.3. The summed E-state index contributed by atoms with van der Waals surface area (Å²) >= 11 is 1.38. The second-order valence-electron chi connectivity index (χ2n) is 6.23. The summed E-state index contributed by atoms with van der Waals surface area (Å²) in [6, 6.07) is 9.18. The van der Waals surface area contributed by atoms with Crippen LogP contribution in [0.5, 0.6) is 5.75 Å². The number of hydrogen-bond acceptors (Lipinski definition) is 5. The summed E-state index contributed by atoms with van der Waals surface area (Å²) in [5.41, 5.74) is 6.44. The van der Waals surface area contributed by atoms with Crippen molar-refractivity contribution in [3.05, 3.63) is 58.1 Å². The number of anilines is 1. The smallest absolute Gasteiger partial charge is 0.257 e. The van der Waals surface area contributed by atoms with Crippen molar-refractivity contribution < 1.29 is 9.53 Å². The van der Waals surface area contributed by atoms with E-state index in [-0.39, 0.29) is 5.91 Å². The lowest BCUT2D eigenvalue weighted by atomic mass is 9.95. The van der Waals surface area contributed by atoms with Gasteiger partial charge < -0.3 is 4.74 Å². The Bertz CT molecular complexity index is 953. The predicted octanol–water partition coefficient (Wildman–Crippen LogP) is 4.70. The summed E-state index contributed by atoms with van der Waals surface area (Å²) in [7, 11) is 1.57. The normalized spacial score (nSPS) is 10.7. The highest BCUT2D eigenvalue weighted by atomic mass is 32.1. The van der Waals surface area contributed by atoms with Gasteiger partial charge in [0.05, 0.1) is 7.11 Å². The zero-order chi connectivity index (χ0) is 18.8. The molecular weight excluding hydrogens is 346 g/mol. The average Bonchev–Trinajstić information content (AvgIpc) is 3.08. The molecule has 3 rings (SSSR count). The fraction of sp³-hybridized carbons (Fsp3) is 0.250. The van der Waals surface area contributed by atoms with E-state index in [0.29, 0.717) is 16.4 Å². The molecule has 0 radical (unpaired) electrons.